The van der Waals surface area contributed by atoms with Gasteiger partial charge in [-0.15, -0.1) is 11.3 Å². The van der Waals surface area contributed by atoms with Gasteiger partial charge in [0, 0.05) is 23.3 Å². The van der Waals surface area contributed by atoms with Gasteiger partial charge in [0.1, 0.15) is 5.75 Å². The Labute approximate surface area is 142 Å². The van der Waals surface area contributed by atoms with Crippen molar-refractivity contribution in [2.75, 3.05) is 11.9 Å². The van der Waals surface area contributed by atoms with Gasteiger partial charge < -0.3 is 4.74 Å². The number of ether oxygens (including phenoxy) is 1. The zero-order valence-corrected chi connectivity index (χ0v) is 13.3. The van der Waals surface area contributed by atoms with Gasteiger partial charge in [-0.25, -0.2) is 4.98 Å². The van der Waals surface area contributed by atoms with Gasteiger partial charge in [-0.1, -0.05) is 0 Å². The number of benzene rings is 1. The van der Waals surface area contributed by atoms with E-state index in [-0.39, 0.29) is 12.5 Å². The summed E-state index contributed by atoms with van der Waals surface area (Å²) < 4.78 is 5.38. The average molecular weight is 336 g/mol. The predicted octanol–water partition coefficient (Wildman–Crippen LogP) is 3.09. The van der Waals surface area contributed by atoms with Crippen LogP contribution < -0.4 is 10.1 Å². The summed E-state index contributed by atoms with van der Waals surface area (Å²) in [6, 6.07) is 12.3. The zero-order valence-electron chi connectivity index (χ0n) is 12.5. The van der Waals surface area contributed by atoms with Crippen molar-refractivity contribution >= 4 is 22.4 Å². The lowest BCUT2D eigenvalue weighted by Crippen LogP contribution is -2.20. The number of thiazole rings is 1. The summed E-state index contributed by atoms with van der Waals surface area (Å²) in [4.78, 5) is 20.3. The number of pyridine rings is 1. The molecule has 1 N–H and O–H groups in total. The second-order valence-electron chi connectivity index (χ2n) is 4.75. The molecule has 7 heteroatoms. The van der Waals surface area contributed by atoms with Crippen LogP contribution in [-0.2, 0) is 4.79 Å². The zero-order chi connectivity index (χ0) is 16.8. The Balaban J connectivity index is 1.55. The second-order valence-corrected chi connectivity index (χ2v) is 5.61. The van der Waals surface area contributed by atoms with Crippen LogP contribution in [0.25, 0.3) is 11.3 Å². The van der Waals surface area contributed by atoms with Crippen molar-refractivity contribution in [3.63, 3.8) is 0 Å². The summed E-state index contributed by atoms with van der Waals surface area (Å²) in [5.41, 5.74) is 2.19. The highest BCUT2D eigenvalue weighted by atomic mass is 32.1. The van der Waals surface area contributed by atoms with Crippen LogP contribution in [0.4, 0.5) is 5.13 Å². The smallest absolute Gasteiger partial charge is 0.264 e. The van der Waals surface area contributed by atoms with Crippen LogP contribution in [0, 0.1) is 11.3 Å². The molecule has 6 nitrogen and oxygen atoms in total. The van der Waals surface area contributed by atoms with Crippen molar-refractivity contribution in [2.45, 2.75) is 0 Å². The SMILES string of the molecule is N#Cc1ccc(OCC(=O)Nc2nc(-c3cccnc3)cs2)cc1. The van der Waals surface area contributed by atoms with E-state index in [1.165, 1.54) is 11.3 Å². The Kier molecular flexibility index (Phi) is 4.79. The van der Waals surface area contributed by atoms with Gasteiger partial charge in [0.15, 0.2) is 11.7 Å². The normalized spacial score (nSPS) is 9.96. The Hall–Kier alpha value is -3.24. The number of hydrogen-bond donors (Lipinski definition) is 1. The average Bonchev–Trinajstić information content (AvgIpc) is 3.09. The first-order valence-electron chi connectivity index (χ1n) is 7.03. The van der Waals surface area contributed by atoms with E-state index in [1.807, 2.05) is 23.6 Å². The quantitative estimate of drug-likeness (QED) is 0.773. The molecule has 0 aliphatic rings. The summed E-state index contributed by atoms with van der Waals surface area (Å²) in [7, 11) is 0. The van der Waals surface area contributed by atoms with Crippen LogP contribution in [0.1, 0.15) is 5.56 Å². The fourth-order valence-electron chi connectivity index (χ4n) is 1.91. The summed E-state index contributed by atoms with van der Waals surface area (Å²) in [5.74, 6) is 0.228. The van der Waals surface area contributed by atoms with Crippen LogP contribution in [-0.4, -0.2) is 22.5 Å². The summed E-state index contributed by atoms with van der Waals surface area (Å²) in [6.07, 6.45) is 3.41. The molecule has 0 saturated heterocycles. The van der Waals surface area contributed by atoms with E-state index < -0.39 is 0 Å². The third-order valence-corrected chi connectivity index (χ3v) is 3.82. The van der Waals surface area contributed by atoms with Crippen molar-refractivity contribution in [2.24, 2.45) is 0 Å². The Bertz CT molecular complexity index is 870. The first-order chi connectivity index (χ1) is 11.7. The molecule has 0 saturated carbocycles. The predicted molar refractivity (Wildman–Crippen MR) is 90.6 cm³/mol. The number of hydrogen-bond acceptors (Lipinski definition) is 6. The fraction of sp³-hybridized carbons (Fsp3) is 0.0588. The first-order valence-corrected chi connectivity index (χ1v) is 7.91. The molecule has 118 valence electrons. The molecule has 24 heavy (non-hydrogen) atoms. The second kappa shape index (κ2) is 7.35. The molecule has 0 aliphatic carbocycles. The molecule has 0 fully saturated rings. The topological polar surface area (TPSA) is 87.9 Å². The van der Waals surface area contributed by atoms with Gasteiger partial charge in [-0.2, -0.15) is 5.26 Å². The van der Waals surface area contributed by atoms with Crippen LogP contribution >= 0.6 is 11.3 Å². The minimum Gasteiger partial charge on any atom is -0.484 e. The number of carbonyl (C=O) groups is 1. The van der Waals surface area contributed by atoms with Crippen molar-refractivity contribution in [3.05, 3.63) is 59.7 Å². The van der Waals surface area contributed by atoms with E-state index in [2.05, 4.69) is 15.3 Å². The van der Waals surface area contributed by atoms with Crippen molar-refractivity contribution in [1.82, 2.24) is 9.97 Å². The molecule has 1 amide bonds. The highest BCUT2D eigenvalue weighted by molar-refractivity contribution is 7.14. The molecule has 3 aromatic rings. The maximum atomic E-state index is 11.9. The van der Waals surface area contributed by atoms with E-state index in [9.17, 15) is 4.79 Å². The minimum absolute atomic E-state index is 0.131. The molecule has 0 atom stereocenters. The number of anilines is 1. The molecule has 2 heterocycles. The number of carbonyl (C=O) groups excluding carboxylic acids is 1. The molecule has 3 rings (SSSR count). The van der Waals surface area contributed by atoms with Crippen LogP contribution in [0.5, 0.6) is 5.75 Å². The Morgan fingerprint density at radius 1 is 1.29 bits per heavy atom. The number of rotatable bonds is 5. The third-order valence-electron chi connectivity index (χ3n) is 3.06. The van der Waals surface area contributed by atoms with Gasteiger partial charge >= 0.3 is 0 Å². The van der Waals surface area contributed by atoms with Gasteiger partial charge in [-0.3, -0.25) is 15.1 Å². The van der Waals surface area contributed by atoms with Gasteiger partial charge in [0.2, 0.25) is 0 Å². The summed E-state index contributed by atoms with van der Waals surface area (Å²) in [5, 5.41) is 13.8. The van der Waals surface area contributed by atoms with Gasteiger partial charge in [0.25, 0.3) is 5.91 Å². The molecule has 0 aliphatic heterocycles. The van der Waals surface area contributed by atoms with E-state index in [1.54, 1.807) is 36.7 Å². The highest BCUT2D eigenvalue weighted by Crippen LogP contribution is 2.24. The lowest BCUT2D eigenvalue weighted by Gasteiger charge is -2.05. The monoisotopic (exact) mass is 336 g/mol. The molecule has 0 unspecified atom stereocenters. The molecular weight excluding hydrogens is 324 g/mol. The lowest BCUT2D eigenvalue weighted by atomic mass is 10.2. The number of nitriles is 1. The van der Waals surface area contributed by atoms with E-state index in [0.717, 1.165) is 11.3 Å². The molecule has 0 radical (unpaired) electrons. The number of nitrogens with one attached hydrogen (secondary N) is 1. The lowest BCUT2D eigenvalue weighted by molar-refractivity contribution is -0.118. The van der Waals surface area contributed by atoms with E-state index in [4.69, 9.17) is 10.00 Å². The van der Waals surface area contributed by atoms with Crippen molar-refractivity contribution in [3.8, 4) is 23.1 Å². The molecule has 0 bridgehead atoms. The number of nitrogens with zero attached hydrogens (tertiary/aromatic N) is 3. The highest BCUT2D eigenvalue weighted by Gasteiger charge is 2.09. The van der Waals surface area contributed by atoms with Crippen molar-refractivity contribution < 1.29 is 9.53 Å². The van der Waals surface area contributed by atoms with Crippen LogP contribution in [0.3, 0.4) is 0 Å². The Morgan fingerprint density at radius 3 is 2.83 bits per heavy atom. The standard InChI is InChI=1S/C17H12N4O2S/c18-8-12-3-5-14(6-4-12)23-10-16(22)21-17-20-15(11-24-17)13-2-1-7-19-9-13/h1-7,9,11H,10H2,(H,20,21,22). The molecular formula is C17H12N4O2S. The fourth-order valence-corrected chi connectivity index (χ4v) is 2.64. The first kappa shape index (κ1) is 15.6. The third kappa shape index (κ3) is 3.94. The van der Waals surface area contributed by atoms with E-state index in [0.29, 0.717) is 16.4 Å². The number of amides is 1. The molecule has 2 aromatic heterocycles. The molecule has 1 aromatic carbocycles. The largest absolute Gasteiger partial charge is 0.484 e. The minimum atomic E-state index is -0.300. The van der Waals surface area contributed by atoms with Gasteiger partial charge in [-0.05, 0) is 36.4 Å². The maximum Gasteiger partial charge on any atom is 0.264 e. The van der Waals surface area contributed by atoms with Crippen LogP contribution in [0.15, 0.2) is 54.2 Å². The Morgan fingerprint density at radius 2 is 2.12 bits per heavy atom. The number of aromatic nitrogens is 2. The summed E-state index contributed by atoms with van der Waals surface area (Å²) in [6.45, 7) is -0.131. The van der Waals surface area contributed by atoms with E-state index >= 15 is 0 Å². The van der Waals surface area contributed by atoms with Crippen molar-refractivity contribution in [1.29, 1.82) is 5.26 Å². The molecule has 0 spiro atoms. The van der Waals surface area contributed by atoms with Crippen LogP contribution in [0.2, 0.25) is 0 Å². The van der Waals surface area contributed by atoms with Gasteiger partial charge in [0.05, 0.1) is 17.3 Å². The summed E-state index contributed by atoms with van der Waals surface area (Å²) >= 11 is 1.34. The maximum absolute atomic E-state index is 11.9.